The quantitative estimate of drug-likeness (QED) is 0.368. The molecule has 4 rings (SSSR count). The molecule has 1 N–H and O–H groups in total. The number of hydrogen-bond acceptors (Lipinski definition) is 6. The first-order chi connectivity index (χ1) is 13.5. The largest absolute Gasteiger partial charge is 0.325 e. The third-order valence-corrected chi connectivity index (χ3v) is 7.23. The lowest BCUT2D eigenvalue weighted by molar-refractivity contribution is -0.115. The van der Waals surface area contributed by atoms with E-state index in [1.54, 1.807) is 41.9 Å². The Morgan fingerprint density at radius 1 is 1.14 bits per heavy atom. The van der Waals surface area contributed by atoms with E-state index in [2.05, 4.69) is 15.3 Å². The lowest BCUT2D eigenvalue weighted by Gasteiger charge is -2.14. The van der Waals surface area contributed by atoms with Crippen LogP contribution in [0.15, 0.2) is 35.6 Å². The standard InChI is InChI=1S/C21H21N3O2S2/c1-12(25)14-7-9-15(10-8-14)24-19(26)13(2)27-20-18-16-5-3-4-6-17(16)28-21(18)23-11-22-20/h7-11,13H,3-6H2,1-2H3,(H,24,26)/t13-/m1/s1. The number of amides is 1. The number of ketones is 1. The molecule has 1 amide bonds. The Balaban J connectivity index is 1.51. The van der Waals surface area contributed by atoms with Crippen LogP contribution in [0.4, 0.5) is 5.69 Å². The molecule has 0 saturated carbocycles. The van der Waals surface area contributed by atoms with E-state index in [1.807, 2.05) is 6.92 Å². The third-order valence-electron chi connectivity index (χ3n) is 4.93. The molecule has 5 nitrogen and oxygen atoms in total. The number of carbonyl (C=O) groups excluding carboxylic acids is 2. The van der Waals surface area contributed by atoms with Gasteiger partial charge in [0.25, 0.3) is 0 Å². The highest BCUT2D eigenvalue weighted by Gasteiger charge is 2.23. The van der Waals surface area contributed by atoms with Gasteiger partial charge in [-0.15, -0.1) is 11.3 Å². The zero-order valence-corrected chi connectivity index (χ0v) is 17.5. The second kappa shape index (κ2) is 8.01. The fraction of sp³-hybridized carbons (Fsp3) is 0.333. The fourth-order valence-electron chi connectivity index (χ4n) is 3.40. The molecule has 0 radical (unpaired) electrons. The lowest BCUT2D eigenvalue weighted by Crippen LogP contribution is -2.22. The average molecular weight is 412 g/mol. The number of nitrogens with one attached hydrogen (secondary N) is 1. The topological polar surface area (TPSA) is 72.0 Å². The molecule has 0 aliphatic heterocycles. The molecule has 0 unspecified atom stereocenters. The summed E-state index contributed by atoms with van der Waals surface area (Å²) >= 11 is 3.24. The molecule has 2 aromatic heterocycles. The van der Waals surface area contributed by atoms with Gasteiger partial charge in [-0.25, -0.2) is 9.97 Å². The number of carbonyl (C=O) groups is 2. The minimum absolute atomic E-state index is 0.00803. The van der Waals surface area contributed by atoms with Crippen LogP contribution in [0.5, 0.6) is 0 Å². The Bertz CT molecular complexity index is 1040. The maximum Gasteiger partial charge on any atom is 0.237 e. The summed E-state index contributed by atoms with van der Waals surface area (Å²) in [5.41, 5.74) is 2.69. The molecular formula is C21H21N3O2S2. The zero-order valence-electron chi connectivity index (χ0n) is 15.8. The molecule has 28 heavy (non-hydrogen) atoms. The van der Waals surface area contributed by atoms with Crippen LogP contribution >= 0.6 is 23.1 Å². The number of anilines is 1. The number of thiophene rings is 1. The Kier molecular flexibility index (Phi) is 5.46. The highest BCUT2D eigenvalue weighted by atomic mass is 32.2. The third kappa shape index (κ3) is 3.82. The molecule has 1 aliphatic carbocycles. The lowest BCUT2D eigenvalue weighted by atomic mass is 9.97. The number of fused-ring (bicyclic) bond motifs is 3. The Morgan fingerprint density at radius 2 is 1.89 bits per heavy atom. The highest BCUT2D eigenvalue weighted by Crippen LogP contribution is 2.40. The van der Waals surface area contributed by atoms with E-state index in [0.29, 0.717) is 11.3 Å². The van der Waals surface area contributed by atoms with Crippen molar-refractivity contribution in [2.75, 3.05) is 5.32 Å². The van der Waals surface area contributed by atoms with Crippen LogP contribution in [-0.4, -0.2) is 26.9 Å². The first-order valence-corrected chi connectivity index (χ1v) is 11.1. The van der Waals surface area contributed by atoms with Crippen LogP contribution in [0.2, 0.25) is 0 Å². The van der Waals surface area contributed by atoms with Gasteiger partial charge < -0.3 is 5.32 Å². The number of benzene rings is 1. The number of nitrogens with zero attached hydrogens (tertiary/aromatic N) is 2. The van der Waals surface area contributed by atoms with Crippen molar-refractivity contribution in [3.63, 3.8) is 0 Å². The molecule has 1 aliphatic rings. The summed E-state index contributed by atoms with van der Waals surface area (Å²) in [7, 11) is 0. The van der Waals surface area contributed by atoms with E-state index in [9.17, 15) is 9.59 Å². The first-order valence-electron chi connectivity index (χ1n) is 9.36. The average Bonchev–Trinajstić information content (AvgIpc) is 3.08. The van der Waals surface area contributed by atoms with Crippen molar-refractivity contribution in [1.29, 1.82) is 0 Å². The van der Waals surface area contributed by atoms with Crippen LogP contribution < -0.4 is 5.32 Å². The van der Waals surface area contributed by atoms with Crippen LogP contribution in [-0.2, 0) is 17.6 Å². The summed E-state index contributed by atoms with van der Waals surface area (Å²) in [4.78, 5) is 35.4. The van der Waals surface area contributed by atoms with Gasteiger partial charge >= 0.3 is 0 Å². The molecule has 1 aromatic carbocycles. The Labute approximate surface area is 172 Å². The molecule has 0 saturated heterocycles. The number of thioether (sulfide) groups is 1. The van der Waals surface area contributed by atoms with Crippen LogP contribution in [0.1, 0.15) is 47.5 Å². The first kappa shape index (κ1) is 19.1. The van der Waals surface area contributed by atoms with Gasteiger partial charge in [0.2, 0.25) is 5.91 Å². The van der Waals surface area contributed by atoms with E-state index >= 15 is 0 Å². The second-order valence-electron chi connectivity index (χ2n) is 6.95. The summed E-state index contributed by atoms with van der Waals surface area (Å²) in [5.74, 6) is -0.0786. The van der Waals surface area contributed by atoms with Crippen molar-refractivity contribution >= 4 is 50.7 Å². The second-order valence-corrected chi connectivity index (χ2v) is 9.37. The molecular weight excluding hydrogens is 390 g/mol. The van der Waals surface area contributed by atoms with Crippen molar-refractivity contribution in [2.45, 2.75) is 49.8 Å². The number of aryl methyl sites for hydroxylation is 2. The van der Waals surface area contributed by atoms with E-state index < -0.39 is 0 Å². The number of Topliss-reactive ketones (excluding diaryl/α,β-unsaturated/α-hetero) is 1. The molecule has 0 spiro atoms. The minimum atomic E-state index is -0.301. The zero-order chi connectivity index (χ0) is 19.7. The Morgan fingerprint density at radius 3 is 2.64 bits per heavy atom. The van der Waals surface area contributed by atoms with Gasteiger partial charge in [-0.2, -0.15) is 0 Å². The van der Waals surface area contributed by atoms with Gasteiger partial charge in [-0.05, 0) is 69.4 Å². The summed E-state index contributed by atoms with van der Waals surface area (Å²) in [6, 6.07) is 6.96. The number of aromatic nitrogens is 2. The maximum atomic E-state index is 12.7. The number of rotatable bonds is 5. The maximum absolute atomic E-state index is 12.7. The fourth-order valence-corrected chi connectivity index (χ4v) is 5.64. The van der Waals surface area contributed by atoms with Gasteiger partial charge in [0, 0.05) is 21.5 Å². The minimum Gasteiger partial charge on any atom is -0.325 e. The van der Waals surface area contributed by atoms with Gasteiger partial charge in [-0.1, -0.05) is 11.8 Å². The number of hydrogen-bond donors (Lipinski definition) is 1. The molecule has 3 aromatic rings. The van der Waals surface area contributed by atoms with Crippen molar-refractivity contribution < 1.29 is 9.59 Å². The summed E-state index contributed by atoms with van der Waals surface area (Å²) in [6.07, 6.45) is 6.21. The molecule has 144 valence electrons. The molecule has 0 fully saturated rings. The highest BCUT2D eigenvalue weighted by molar-refractivity contribution is 8.00. The smallest absolute Gasteiger partial charge is 0.237 e. The van der Waals surface area contributed by atoms with Gasteiger partial charge in [0.05, 0.1) is 5.25 Å². The molecule has 0 bridgehead atoms. The predicted molar refractivity (Wildman–Crippen MR) is 114 cm³/mol. The van der Waals surface area contributed by atoms with Crippen molar-refractivity contribution in [1.82, 2.24) is 9.97 Å². The Hall–Kier alpha value is -2.25. The molecule has 1 atom stereocenters. The monoisotopic (exact) mass is 411 g/mol. The predicted octanol–water partition coefficient (Wildman–Crippen LogP) is 4.89. The van der Waals surface area contributed by atoms with Gasteiger partial charge in [-0.3, -0.25) is 9.59 Å². The van der Waals surface area contributed by atoms with E-state index in [-0.39, 0.29) is 16.9 Å². The summed E-state index contributed by atoms with van der Waals surface area (Å²) in [5, 5.41) is 4.64. The van der Waals surface area contributed by atoms with Gasteiger partial charge in [0.15, 0.2) is 5.78 Å². The van der Waals surface area contributed by atoms with Crippen LogP contribution in [0.25, 0.3) is 10.2 Å². The molecule has 7 heteroatoms. The SMILES string of the molecule is CC(=O)c1ccc(NC(=O)[C@@H](C)Sc2ncnc3sc4c(c23)CCCC4)cc1. The van der Waals surface area contributed by atoms with Crippen molar-refractivity contribution in [3.8, 4) is 0 Å². The van der Waals surface area contributed by atoms with Crippen LogP contribution in [0, 0.1) is 0 Å². The van der Waals surface area contributed by atoms with Crippen molar-refractivity contribution in [2.24, 2.45) is 0 Å². The van der Waals surface area contributed by atoms with E-state index in [4.69, 9.17) is 0 Å². The normalized spacial score (nSPS) is 14.5. The summed E-state index contributed by atoms with van der Waals surface area (Å²) < 4.78 is 0. The van der Waals surface area contributed by atoms with Gasteiger partial charge in [0.1, 0.15) is 16.2 Å². The van der Waals surface area contributed by atoms with Crippen molar-refractivity contribution in [3.05, 3.63) is 46.6 Å². The molecule has 2 heterocycles. The van der Waals surface area contributed by atoms with E-state index in [1.165, 1.54) is 42.0 Å². The summed E-state index contributed by atoms with van der Waals surface area (Å²) in [6.45, 7) is 3.41. The van der Waals surface area contributed by atoms with Crippen LogP contribution in [0.3, 0.4) is 0 Å². The van der Waals surface area contributed by atoms with E-state index in [0.717, 1.165) is 28.1 Å².